The minimum atomic E-state index is -0.0766. The minimum absolute atomic E-state index is 0.0438. The Kier molecular flexibility index (Phi) is 4.57. The van der Waals surface area contributed by atoms with Crippen LogP contribution in [0.3, 0.4) is 0 Å². The van der Waals surface area contributed by atoms with Gasteiger partial charge < -0.3 is 16.4 Å². The molecule has 108 valence electrons. The highest BCUT2D eigenvalue weighted by atomic mass is 16.2. The highest BCUT2D eigenvalue weighted by Gasteiger charge is 2.16. The van der Waals surface area contributed by atoms with E-state index in [9.17, 15) is 9.59 Å². The van der Waals surface area contributed by atoms with Crippen molar-refractivity contribution < 1.29 is 9.59 Å². The molecule has 1 aliphatic heterocycles. The molecule has 2 amide bonds. The fraction of sp³-hybridized carbons (Fsp3) is 0.429. The van der Waals surface area contributed by atoms with Crippen molar-refractivity contribution in [2.24, 2.45) is 0 Å². The molecule has 4 N–H and O–H groups in total. The average molecular weight is 276 g/mol. The smallest absolute Gasteiger partial charge is 0.238 e. The van der Waals surface area contributed by atoms with Crippen molar-refractivity contribution in [1.29, 1.82) is 0 Å². The van der Waals surface area contributed by atoms with E-state index in [1.54, 1.807) is 12.1 Å². The van der Waals surface area contributed by atoms with Crippen LogP contribution in [0, 0.1) is 6.92 Å². The molecule has 1 aromatic carbocycles. The van der Waals surface area contributed by atoms with Crippen LogP contribution in [0.4, 0.5) is 11.4 Å². The fourth-order valence-electron chi connectivity index (χ4n) is 2.19. The zero-order valence-electron chi connectivity index (χ0n) is 11.6. The monoisotopic (exact) mass is 276 g/mol. The molecule has 0 spiro atoms. The predicted molar refractivity (Wildman–Crippen MR) is 78.3 cm³/mol. The molecule has 0 saturated carbocycles. The summed E-state index contributed by atoms with van der Waals surface area (Å²) in [5, 5.41) is 5.66. The van der Waals surface area contributed by atoms with Gasteiger partial charge in [-0.05, 0) is 30.7 Å². The number of nitrogens with zero attached hydrogens (tertiary/aromatic N) is 1. The van der Waals surface area contributed by atoms with Crippen LogP contribution >= 0.6 is 0 Å². The van der Waals surface area contributed by atoms with E-state index >= 15 is 0 Å². The summed E-state index contributed by atoms with van der Waals surface area (Å²) >= 11 is 0. The molecule has 20 heavy (non-hydrogen) atoms. The van der Waals surface area contributed by atoms with Gasteiger partial charge in [0.1, 0.15) is 0 Å². The maximum Gasteiger partial charge on any atom is 0.238 e. The molecule has 0 bridgehead atoms. The van der Waals surface area contributed by atoms with Gasteiger partial charge in [-0.25, -0.2) is 0 Å². The van der Waals surface area contributed by atoms with E-state index in [1.165, 1.54) is 0 Å². The second-order valence-electron chi connectivity index (χ2n) is 5.00. The number of nitrogen functional groups attached to an aromatic ring is 1. The summed E-state index contributed by atoms with van der Waals surface area (Å²) in [7, 11) is 0. The maximum absolute atomic E-state index is 12.0. The molecule has 0 aromatic heterocycles. The van der Waals surface area contributed by atoms with E-state index in [4.69, 9.17) is 5.73 Å². The second-order valence-corrected chi connectivity index (χ2v) is 5.00. The Hall–Kier alpha value is -2.08. The van der Waals surface area contributed by atoms with E-state index in [1.807, 2.05) is 17.9 Å². The number of hydrogen-bond acceptors (Lipinski definition) is 4. The lowest BCUT2D eigenvalue weighted by atomic mass is 10.2. The van der Waals surface area contributed by atoms with Gasteiger partial charge in [0.05, 0.1) is 6.54 Å². The van der Waals surface area contributed by atoms with E-state index in [0.29, 0.717) is 38.3 Å². The van der Waals surface area contributed by atoms with Crippen LogP contribution in [0.25, 0.3) is 0 Å². The van der Waals surface area contributed by atoms with Gasteiger partial charge in [0.2, 0.25) is 11.8 Å². The van der Waals surface area contributed by atoms with Gasteiger partial charge in [-0.3, -0.25) is 14.5 Å². The third kappa shape index (κ3) is 3.96. The molecule has 2 rings (SSSR count). The summed E-state index contributed by atoms with van der Waals surface area (Å²) in [6.07, 6.45) is 0.439. The van der Waals surface area contributed by atoms with E-state index in [-0.39, 0.29) is 11.8 Å². The molecule has 1 heterocycles. The minimum Gasteiger partial charge on any atom is -0.399 e. The van der Waals surface area contributed by atoms with Gasteiger partial charge >= 0.3 is 0 Å². The van der Waals surface area contributed by atoms with Crippen molar-refractivity contribution in [2.75, 3.05) is 37.2 Å². The van der Waals surface area contributed by atoms with Gasteiger partial charge in [0.15, 0.2) is 0 Å². The first-order chi connectivity index (χ1) is 9.54. The molecule has 0 aliphatic carbocycles. The van der Waals surface area contributed by atoms with Crippen molar-refractivity contribution >= 4 is 23.2 Å². The van der Waals surface area contributed by atoms with Crippen LogP contribution < -0.4 is 16.4 Å². The number of rotatable bonds is 3. The molecule has 0 atom stereocenters. The largest absolute Gasteiger partial charge is 0.399 e. The lowest BCUT2D eigenvalue weighted by Gasteiger charge is -2.18. The van der Waals surface area contributed by atoms with Crippen molar-refractivity contribution in [1.82, 2.24) is 10.2 Å². The summed E-state index contributed by atoms with van der Waals surface area (Å²) in [5.74, 6) is -0.0329. The standard InChI is InChI=1S/C14H20N4O2/c1-10-8-11(15)2-3-12(10)17-14(20)9-18-6-4-13(19)16-5-7-18/h2-3,8H,4-7,9,15H2,1H3,(H,16,19)(H,17,20). The van der Waals surface area contributed by atoms with Gasteiger partial charge in [-0.2, -0.15) is 0 Å². The predicted octanol–water partition coefficient (Wildman–Crippen LogP) is 0.338. The Morgan fingerprint density at radius 3 is 3.00 bits per heavy atom. The Morgan fingerprint density at radius 1 is 1.45 bits per heavy atom. The highest BCUT2D eigenvalue weighted by molar-refractivity contribution is 5.93. The third-order valence-corrected chi connectivity index (χ3v) is 3.30. The number of anilines is 2. The van der Waals surface area contributed by atoms with E-state index in [2.05, 4.69) is 10.6 Å². The molecule has 1 fully saturated rings. The summed E-state index contributed by atoms with van der Waals surface area (Å²) < 4.78 is 0. The van der Waals surface area contributed by atoms with Crippen molar-refractivity contribution in [3.05, 3.63) is 23.8 Å². The Morgan fingerprint density at radius 2 is 2.25 bits per heavy atom. The Balaban J connectivity index is 1.90. The van der Waals surface area contributed by atoms with E-state index < -0.39 is 0 Å². The molecule has 6 heteroatoms. The fourth-order valence-corrected chi connectivity index (χ4v) is 2.19. The van der Waals surface area contributed by atoms with Gasteiger partial charge in [-0.1, -0.05) is 0 Å². The van der Waals surface area contributed by atoms with Crippen LogP contribution in [0.5, 0.6) is 0 Å². The molecule has 0 unspecified atom stereocenters. The topological polar surface area (TPSA) is 87.5 Å². The molecule has 0 radical (unpaired) electrons. The van der Waals surface area contributed by atoms with Crippen LogP contribution in [-0.4, -0.2) is 42.9 Å². The summed E-state index contributed by atoms with van der Waals surface area (Å²) in [6, 6.07) is 5.39. The van der Waals surface area contributed by atoms with Crippen LogP contribution in [0.2, 0.25) is 0 Å². The number of benzene rings is 1. The Labute approximate surface area is 118 Å². The number of hydrogen-bond donors (Lipinski definition) is 3. The van der Waals surface area contributed by atoms with Crippen LogP contribution in [-0.2, 0) is 9.59 Å². The second kappa shape index (κ2) is 6.38. The normalized spacial score (nSPS) is 16.4. The molecular weight excluding hydrogens is 256 g/mol. The molecular formula is C14H20N4O2. The average Bonchev–Trinajstić information content (AvgIpc) is 2.58. The number of nitrogens with two attached hydrogens (primary N) is 1. The number of aryl methyl sites for hydroxylation is 1. The van der Waals surface area contributed by atoms with Gasteiger partial charge in [0, 0.05) is 37.4 Å². The molecule has 6 nitrogen and oxygen atoms in total. The summed E-state index contributed by atoms with van der Waals surface area (Å²) in [6.45, 7) is 4.09. The van der Waals surface area contributed by atoms with Crippen molar-refractivity contribution in [3.63, 3.8) is 0 Å². The number of carbonyl (C=O) groups is 2. The number of carbonyl (C=O) groups excluding carboxylic acids is 2. The van der Waals surface area contributed by atoms with Gasteiger partial charge in [-0.15, -0.1) is 0 Å². The lowest BCUT2D eigenvalue weighted by Crippen LogP contribution is -2.35. The SMILES string of the molecule is Cc1cc(N)ccc1NC(=O)CN1CCNC(=O)CC1. The zero-order valence-corrected chi connectivity index (χ0v) is 11.6. The number of nitrogens with one attached hydrogen (secondary N) is 2. The lowest BCUT2D eigenvalue weighted by molar-refractivity contribution is -0.121. The molecule has 1 saturated heterocycles. The quantitative estimate of drug-likeness (QED) is 0.695. The van der Waals surface area contributed by atoms with Crippen molar-refractivity contribution in [2.45, 2.75) is 13.3 Å². The zero-order chi connectivity index (χ0) is 14.5. The number of amides is 2. The third-order valence-electron chi connectivity index (χ3n) is 3.30. The maximum atomic E-state index is 12.0. The first kappa shape index (κ1) is 14.3. The van der Waals surface area contributed by atoms with Crippen LogP contribution in [0.1, 0.15) is 12.0 Å². The first-order valence-corrected chi connectivity index (χ1v) is 6.69. The van der Waals surface area contributed by atoms with Crippen molar-refractivity contribution in [3.8, 4) is 0 Å². The first-order valence-electron chi connectivity index (χ1n) is 6.69. The van der Waals surface area contributed by atoms with Gasteiger partial charge in [0.25, 0.3) is 0 Å². The molecule has 1 aromatic rings. The Bertz CT molecular complexity index is 516. The summed E-state index contributed by atoms with van der Waals surface area (Å²) in [4.78, 5) is 25.2. The van der Waals surface area contributed by atoms with Crippen LogP contribution in [0.15, 0.2) is 18.2 Å². The van der Waals surface area contributed by atoms with E-state index in [0.717, 1.165) is 11.3 Å². The summed E-state index contributed by atoms with van der Waals surface area (Å²) in [5.41, 5.74) is 8.06. The molecule has 1 aliphatic rings. The highest BCUT2D eigenvalue weighted by Crippen LogP contribution is 2.17.